The number of nitrogens with one attached hydrogen (secondary N) is 3. The molecule has 2 aromatic heterocycles. The molecule has 0 aliphatic heterocycles. The van der Waals surface area contributed by atoms with E-state index in [1.165, 1.54) is 0 Å². The van der Waals surface area contributed by atoms with Crippen LogP contribution in [0.25, 0.3) is 11.0 Å². The topological polar surface area (TPSA) is 85.9 Å². The summed E-state index contributed by atoms with van der Waals surface area (Å²) in [5.41, 5.74) is 0.668. The third-order valence-electron chi connectivity index (χ3n) is 4.67. The van der Waals surface area contributed by atoms with E-state index in [0.29, 0.717) is 29.0 Å². The minimum Gasteiger partial charge on any atom is -0.393 e. The van der Waals surface area contributed by atoms with Gasteiger partial charge in [-0.15, -0.1) is 0 Å². The Labute approximate surface area is 152 Å². The maximum absolute atomic E-state index is 13.8. The van der Waals surface area contributed by atoms with Gasteiger partial charge in [-0.3, -0.25) is 0 Å². The summed E-state index contributed by atoms with van der Waals surface area (Å²) in [5.74, 6) is -2.33. The number of rotatable bonds is 4. The quantitative estimate of drug-likeness (QED) is 0.555. The lowest BCUT2D eigenvalue weighted by atomic mass is 9.93. The minimum absolute atomic E-state index is 0.120. The molecule has 0 unspecified atom stereocenters. The van der Waals surface area contributed by atoms with Gasteiger partial charge in [0.1, 0.15) is 17.3 Å². The fraction of sp³-hybridized carbons (Fsp3) is 0.333. The second-order valence-electron chi connectivity index (χ2n) is 6.69. The number of H-pyrrole nitrogens is 1. The van der Waals surface area contributed by atoms with Crippen LogP contribution in [0.2, 0.25) is 0 Å². The van der Waals surface area contributed by atoms with Crippen molar-refractivity contribution < 1.29 is 18.3 Å². The van der Waals surface area contributed by atoms with Crippen molar-refractivity contribution in [3.8, 4) is 0 Å². The van der Waals surface area contributed by atoms with Gasteiger partial charge in [0.15, 0.2) is 11.6 Å². The molecule has 0 atom stereocenters. The fourth-order valence-corrected chi connectivity index (χ4v) is 3.26. The van der Waals surface area contributed by atoms with Crippen LogP contribution >= 0.6 is 0 Å². The molecule has 27 heavy (non-hydrogen) atoms. The predicted molar refractivity (Wildman–Crippen MR) is 95.4 cm³/mol. The summed E-state index contributed by atoms with van der Waals surface area (Å²) in [6, 6.07) is 3.16. The highest BCUT2D eigenvalue weighted by atomic mass is 19.1. The number of hydrogen-bond donors (Lipinski definition) is 4. The normalized spacial score (nSPS) is 20.0. The van der Waals surface area contributed by atoms with Crippen LogP contribution in [0, 0.1) is 17.5 Å². The first-order valence-corrected chi connectivity index (χ1v) is 8.70. The van der Waals surface area contributed by atoms with E-state index in [1.54, 1.807) is 12.3 Å². The van der Waals surface area contributed by atoms with Crippen LogP contribution < -0.4 is 10.6 Å². The van der Waals surface area contributed by atoms with Crippen molar-refractivity contribution >= 4 is 28.5 Å². The van der Waals surface area contributed by atoms with Crippen LogP contribution in [0.4, 0.5) is 30.6 Å². The average molecular weight is 377 g/mol. The van der Waals surface area contributed by atoms with Crippen LogP contribution in [-0.4, -0.2) is 32.2 Å². The fourth-order valence-electron chi connectivity index (χ4n) is 3.26. The third kappa shape index (κ3) is 3.82. The van der Waals surface area contributed by atoms with Crippen molar-refractivity contribution in [2.75, 3.05) is 10.6 Å². The molecule has 9 heteroatoms. The molecule has 2 heterocycles. The Bertz CT molecular complexity index is 946. The Kier molecular flexibility index (Phi) is 4.61. The Morgan fingerprint density at radius 1 is 1.04 bits per heavy atom. The third-order valence-corrected chi connectivity index (χ3v) is 4.67. The number of anilines is 3. The minimum atomic E-state index is -1.05. The number of halogens is 3. The van der Waals surface area contributed by atoms with Gasteiger partial charge >= 0.3 is 0 Å². The molecule has 4 N–H and O–H groups in total. The van der Waals surface area contributed by atoms with Gasteiger partial charge in [0.05, 0.1) is 23.3 Å². The molecule has 1 aliphatic rings. The zero-order chi connectivity index (χ0) is 19.0. The Balaban J connectivity index is 1.53. The van der Waals surface area contributed by atoms with Gasteiger partial charge < -0.3 is 20.7 Å². The van der Waals surface area contributed by atoms with Crippen molar-refractivity contribution in [2.24, 2.45) is 0 Å². The molecule has 1 aromatic carbocycles. The molecule has 1 aliphatic carbocycles. The highest BCUT2D eigenvalue weighted by Gasteiger charge is 2.20. The number of aliphatic hydroxyl groups excluding tert-OH is 1. The molecule has 142 valence electrons. The molecule has 1 fully saturated rings. The SMILES string of the molecule is OC1CCC(Nc2cc3nc(Nc4c(F)cc(F)cc4F)[nH]c3cn2)CC1. The summed E-state index contributed by atoms with van der Waals surface area (Å²) >= 11 is 0. The smallest absolute Gasteiger partial charge is 0.205 e. The van der Waals surface area contributed by atoms with Gasteiger partial charge in [0.25, 0.3) is 0 Å². The molecule has 1 saturated carbocycles. The van der Waals surface area contributed by atoms with E-state index in [2.05, 4.69) is 25.6 Å². The Hall–Kier alpha value is -2.81. The number of hydrogen-bond acceptors (Lipinski definition) is 5. The van der Waals surface area contributed by atoms with Crippen molar-refractivity contribution in [3.63, 3.8) is 0 Å². The van der Waals surface area contributed by atoms with Crippen molar-refractivity contribution in [3.05, 3.63) is 41.8 Å². The lowest BCUT2D eigenvalue weighted by Gasteiger charge is -2.26. The first-order chi connectivity index (χ1) is 13.0. The summed E-state index contributed by atoms with van der Waals surface area (Å²) in [6.45, 7) is 0. The standard InChI is InChI=1S/C18H18F3N5O/c19-9-5-12(20)17(13(21)6-9)26-18-24-14-7-16(22-8-15(14)25-18)23-10-1-3-11(27)4-2-10/h5-8,10-11,27H,1-4H2,(H,22,23)(H2,24,25,26). The van der Waals surface area contributed by atoms with Gasteiger partial charge in [-0.2, -0.15) is 0 Å². The second kappa shape index (κ2) is 7.07. The van der Waals surface area contributed by atoms with Gasteiger partial charge in [-0.25, -0.2) is 23.1 Å². The average Bonchev–Trinajstić information content (AvgIpc) is 3.02. The number of benzene rings is 1. The largest absolute Gasteiger partial charge is 0.393 e. The van der Waals surface area contributed by atoms with E-state index in [1.807, 2.05) is 0 Å². The van der Waals surface area contributed by atoms with Gasteiger partial charge in [0, 0.05) is 24.2 Å². The maximum atomic E-state index is 13.8. The molecule has 0 spiro atoms. The summed E-state index contributed by atoms with van der Waals surface area (Å²) in [5, 5.41) is 15.4. The maximum Gasteiger partial charge on any atom is 0.205 e. The van der Waals surface area contributed by atoms with Gasteiger partial charge in [-0.05, 0) is 25.7 Å². The van der Waals surface area contributed by atoms with E-state index in [0.717, 1.165) is 25.7 Å². The zero-order valence-corrected chi connectivity index (χ0v) is 14.3. The van der Waals surface area contributed by atoms with Crippen LogP contribution in [-0.2, 0) is 0 Å². The highest BCUT2D eigenvalue weighted by Crippen LogP contribution is 2.26. The molecular weight excluding hydrogens is 359 g/mol. The number of pyridine rings is 1. The molecule has 0 amide bonds. The molecule has 4 rings (SSSR count). The first-order valence-electron chi connectivity index (χ1n) is 8.70. The Morgan fingerprint density at radius 3 is 2.44 bits per heavy atom. The molecule has 6 nitrogen and oxygen atoms in total. The van der Waals surface area contributed by atoms with Crippen LogP contribution in [0.5, 0.6) is 0 Å². The molecule has 0 bridgehead atoms. The number of imidazole rings is 1. The Morgan fingerprint density at radius 2 is 1.74 bits per heavy atom. The van der Waals surface area contributed by atoms with Crippen molar-refractivity contribution in [2.45, 2.75) is 37.8 Å². The van der Waals surface area contributed by atoms with E-state index < -0.39 is 23.1 Å². The first kappa shape index (κ1) is 17.6. The predicted octanol–water partition coefficient (Wildman–Crippen LogP) is 3.83. The van der Waals surface area contributed by atoms with Gasteiger partial charge in [0.2, 0.25) is 5.95 Å². The lowest BCUT2D eigenvalue weighted by Crippen LogP contribution is -2.28. The zero-order valence-electron chi connectivity index (χ0n) is 14.3. The molecular formula is C18H18F3N5O. The van der Waals surface area contributed by atoms with Crippen molar-refractivity contribution in [1.29, 1.82) is 0 Å². The van der Waals surface area contributed by atoms with E-state index in [9.17, 15) is 18.3 Å². The van der Waals surface area contributed by atoms with Crippen molar-refractivity contribution in [1.82, 2.24) is 15.0 Å². The number of aliphatic hydroxyl groups is 1. The monoisotopic (exact) mass is 377 g/mol. The number of aromatic nitrogens is 3. The van der Waals surface area contributed by atoms with Crippen LogP contribution in [0.15, 0.2) is 24.4 Å². The number of nitrogens with zero attached hydrogens (tertiary/aromatic N) is 2. The molecule has 0 radical (unpaired) electrons. The van der Waals surface area contributed by atoms with Crippen LogP contribution in [0.3, 0.4) is 0 Å². The second-order valence-corrected chi connectivity index (χ2v) is 6.69. The van der Waals surface area contributed by atoms with E-state index in [4.69, 9.17) is 0 Å². The van der Waals surface area contributed by atoms with Crippen LogP contribution in [0.1, 0.15) is 25.7 Å². The number of aromatic amines is 1. The molecule has 3 aromatic rings. The van der Waals surface area contributed by atoms with E-state index >= 15 is 0 Å². The summed E-state index contributed by atoms with van der Waals surface area (Å²) in [4.78, 5) is 11.5. The summed E-state index contributed by atoms with van der Waals surface area (Å²) in [6.07, 6.45) is 4.57. The van der Waals surface area contributed by atoms with E-state index in [-0.39, 0.29) is 18.1 Å². The highest BCUT2D eigenvalue weighted by molar-refractivity contribution is 5.80. The number of fused-ring (bicyclic) bond motifs is 1. The lowest BCUT2D eigenvalue weighted by molar-refractivity contribution is 0.126. The summed E-state index contributed by atoms with van der Waals surface area (Å²) in [7, 11) is 0. The molecule has 0 saturated heterocycles. The summed E-state index contributed by atoms with van der Waals surface area (Å²) < 4.78 is 40.6. The van der Waals surface area contributed by atoms with Gasteiger partial charge in [-0.1, -0.05) is 0 Å².